The maximum atomic E-state index is 12.9. The zero-order chi connectivity index (χ0) is 23.0. The van der Waals surface area contributed by atoms with Crippen molar-refractivity contribution in [3.05, 3.63) is 39.6 Å². The lowest BCUT2D eigenvalue weighted by Crippen LogP contribution is -2.34. The number of aromatic amines is 1. The van der Waals surface area contributed by atoms with Crippen molar-refractivity contribution < 1.29 is 14.1 Å². The molecule has 4 heterocycles. The van der Waals surface area contributed by atoms with Gasteiger partial charge >= 0.3 is 6.09 Å². The maximum Gasteiger partial charge on any atom is 0.407 e. The van der Waals surface area contributed by atoms with Crippen molar-refractivity contribution >= 4 is 28.5 Å². The molecule has 4 aromatic rings. The van der Waals surface area contributed by atoms with Crippen LogP contribution in [0.25, 0.3) is 33.0 Å². The minimum absolute atomic E-state index is 0.245. The highest BCUT2D eigenvalue weighted by Crippen LogP contribution is 2.41. The first kappa shape index (κ1) is 21.8. The first-order valence-electron chi connectivity index (χ1n) is 10.1. The molecule has 0 saturated carbocycles. The first-order chi connectivity index (χ1) is 15.2. The third kappa shape index (κ3) is 4.15. The van der Waals surface area contributed by atoms with Gasteiger partial charge in [-0.15, -0.1) is 11.3 Å². The molecule has 32 heavy (non-hydrogen) atoms. The molecule has 0 aromatic carbocycles. The third-order valence-electron chi connectivity index (χ3n) is 4.67. The fourth-order valence-corrected chi connectivity index (χ4v) is 4.44. The Balaban J connectivity index is 1.85. The van der Waals surface area contributed by atoms with Crippen LogP contribution in [0.3, 0.4) is 0 Å². The van der Waals surface area contributed by atoms with Crippen LogP contribution in [0.4, 0.5) is 4.79 Å². The fourth-order valence-electron chi connectivity index (χ4n) is 3.46. The first-order valence-corrected chi connectivity index (χ1v) is 11.0. The van der Waals surface area contributed by atoms with E-state index in [0.717, 1.165) is 16.1 Å². The van der Waals surface area contributed by atoms with E-state index in [9.17, 15) is 9.59 Å². The number of H-pyrrole nitrogens is 1. The minimum atomic E-state index is -0.603. The monoisotopic (exact) mass is 456 g/mol. The van der Waals surface area contributed by atoms with Crippen molar-refractivity contribution in [3.8, 4) is 22.0 Å². The summed E-state index contributed by atoms with van der Waals surface area (Å²) in [6.45, 7) is 9.66. The number of nitrogens with one attached hydrogen (secondary N) is 2. The predicted octanol–water partition coefficient (Wildman–Crippen LogP) is 3.64. The summed E-state index contributed by atoms with van der Waals surface area (Å²) in [5.74, 6) is 0.762. The Morgan fingerprint density at radius 1 is 1.34 bits per heavy atom. The number of aryl methyl sites for hydroxylation is 2. The molecule has 4 rings (SSSR count). The van der Waals surface area contributed by atoms with Crippen molar-refractivity contribution in [2.75, 3.05) is 6.54 Å². The van der Waals surface area contributed by atoms with Crippen LogP contribution < -0.4 is 10.9 Å². The second kappa shape index (κ2) is 8.23. The molecule has 168 valence electrons. The third-order valence-corrected chi connectivity index (χ3v) is 5.70. The quantitative estimate of drug-likeness (QED) is 0.469. The molecular weight excluding hydrogens is 432 g/mol. The van der Waals surface area contributed by atoms with Gasteiger partial charge in [-0.1, -0.05) is 5.16 Å². The number of carbonyl (C=O) groups excluding carboxylic acids is 1. The Hall–Kier alpha value is -3.47. The summed E-state index contributed by atoms with van der Waals surface area (Å²) < 4.78 is 12.4. The predicted molar refractivity (Wildman–Crippen MR) is 121 cm³/mol. The molecule has 0 aliphatic heterocycles. The van der Waals surface area contributed by atoms with Crippen molar-refractivity contribution in [2.24, 2.45) is 0 Å². The maximum absolute atomic E-state index is 12.9. The van der Waals surface area contributed by atoms with E-state index in [1.54, 1.807) is 39.0 Å². The number of nitrogens with zero attached hydrogens (tertiary/aromatic N) is 4. The van der Waals surface area contributed by atoms with E-state index in [1.807, 2.05) is 22.9 Å². The van der Waals surface area contributed by atoms with Gasteiger partial charge in [0.1, 0.15) is 16.6 Å². The molecule has 0 saturated heterocycles. The van der Waals surface area contributed by atoms with Gasteiger partial charge in [0.15, 0.2) is 0 Å². The molecule has 0 atom stereocenters. The van der Waals surface area contributed by atoms with E-state index in [0.29, 0.717) is 34.9 Å². The van der Waals surface area contributed by atoms with Crippen LogP contribution in [0, 0.1) is 13.8 Å². The molecule has 10 nitrogen and oxygen atoms in total. The Labute approximate surface area is 187 Å². The Morgan fingerprint density at radius 3 is 2.75 bits per heavy atom. The lowest BCUT2D eigenvalue weighted by Gasteiger charge is -2.20. The van der Waals surface area contributed by atoms with Crippen LogP contribution in [0.1, 0.15) is 32.2 Å². The van der Waals surface area contributed by atoms with Crippen LogP contribution in [0.2, 0.25) is 0 Å². The smallest absolute Gasteiger partial charge is 0.407 e. The second-order valence-electron chi connectivity index (χ2n) is 8.30. The van der Waals surface area contributed by atoms with Gasteiger partial charge in [-0.25, -0.2) is 9.78 Å². The van der Waals surface area contributed by atoms with E-state index in [2.05, 4.69) is 25.4 Å². The molecule has 0 fully saturated rings. The molecule has 0 aliphatic carbocycles. The fraction of sp³-hybridized carbons (Fsp3) is 0.381. The molecule has 0 radical (unpaired) electrons. The van der Waals surface area contributed by atoms with Crippen molar-refractivity contribution in [1.82, 2.24) is 30.0 Å². The molecule has 0 spiro atoms. The van der Waals surface area contributed by atoms with E-state index < -0.39 is 11.7 Å². The van der Waals surface area contributed by atoms with Crippen molar-refractivity contribution in [2.45, 2.75) is 46.8 Å². The number of aromatic nitrogens is 5. The lowest BCUT2D eigenvalue weighted by atomic mass is 10.1. The van der Waals surface area contributed by atoms with E-state index in [1.165, 1.54) is 6.33 Å². The molecule has 1 amide bonds. The highest BCUT2D eigenvalue weighted by Gasteiger charge is 2.27. The summed E-state index contributed by atoms with van der Waals surface area (Å²) in [6, 6.07) is 2.00. The van der Waals surface area contributed by atoms with Crippen LogP contribution in [-0.4, -0.2) is 42.9 Å². The van der Waals surface area contributed by atoms with Gasteiger partial charge in [-0.2, -0.15) is 4.98 Å². The highest BCUT2D eigenvalue weighted by molar-refractivity contribution is 7.13. The number of fused-ring (bicyclic) bond motifs is 1. The average Bonchev–Trinajstić information content (AvgIpc) is 3.38. The molecular formula is C21H24N6O4S. The van der Waals surface area contributed by atoms with E-state index in [4.69, 9.17) is 9.26 Å². The summed E-state index contributed by atoms with van der Waals surface area (Å²) in [5.41, 5.74) is 2.35. The summed E-state index contributed by atoms with van der Waals surface area (Å²) in [6.07, 6.45) is 0.832. The van der Waals surface area contributed by atoms with Gasteiger partial charge in [0.25, 0.3) is 5.56 Å². The van der Waals surface area contributed by atoms with Gasteiger partial charge in [0.2, 0.25) is 11.7 Å². The minimum Gasteiger partial charge on any atom is -0.444 e. The Bertz CT molecular complexity index is 1340. The standard InChI is InChI=1S/C21H24N6O4S/c1-11-6-9-32-17(11)15-13(18-25-12(2)31-26-18)14-16(19(28)24-10-23-14)27(15)8-7-22-20(29)30-21(3,4)5/h6,9-10H,7-8H2,1-5H3,(H,22,29)(H,23,24,28). The van der Waals surface area contributed by atoms with Crippen LogP contribution in [0.5, 0.6) is 0 Å². The molecule has 11 heteroatoms. The Kier molecular flexibility index (Phi) is 5.59. The summed E-state index contributed by atoms with van der Waals surface area (Å²) in [5, 5.41) is 8.82. The van der Waals surface area contributed by atoms with Crippen molar-refractivity contribution in [1.29, 1.82) is 0 Å². The average molecular weight is 457 g/mol. The number of rotatable bonds is 5. The van der Waals surface area contributed by atoms with Gasteiger partial charge in [0.05, 0.1) is 22.5 Å². The number of carbonyl (C=O) groups is 1. The summed E-state index contributed by atoms with van der Waals surface area (Å²) in [7, 11) is 0. The van der Waals surface area contributed by atoms with Crippen LogP contribution in [0.15, 0.2) is 27.1 Å². The molecule has 0 unspecified atom stereocenters. The SMILES string of the molecule is Cc1nc(-c2c(-c3sccc3C)n(CCNC(=O)OC(C)(C)C)c3c(=O)[nH]cnc23)no1. The lowest BCUT2D eigenvalue weighted by molar-refractivity contribution is 0.0526. The van der Waals surface area contributed by atoms with Gasteiger partial charge < -0.3 is 24.1 Å². The topological polar surface area (TPSA) is 128 Å². The second-order valence-corrected chi connectivity index (χ2v) is 9.22. The molecule has 0 aliphatic rings. The normalized spacial score (nSPS) is 11.8. The highest BCUT2D eigenvalue weighted by atomic mass is 32.1. The number of thiophene rings is 1. The zero-order valence-corrected chi connectivity index (χ0v) is 19.3. The van der Waals surface area contributed by atoms with E-state index in [-0.39, 0.29) is 12.1 Å². The molecule has 4 aromatic heterocycles. The zero-order valence-electron chi connectivity index (χ0n) is 18.5. The molecule has 0 bridgehead atoms. The number of ether oxygens (including phenoxy) is 1. The van der Waals surface area contributed by atoms with Gasteiger partial charge in [-0.05, 0) is 44.7 Å². The summed E-state index contributed by atoms with van der Waals surface area (Å²) >= 11 is 1.54. The number of alkyl carbamates (subject to hydrolysis) is 1. The van der Waals surface area contributed by atoms with Gasteiger partial charge in [0, 0.05) is 20.0 Å². The Morgan fingerprint density at radius 2 is 2.12 bits per heavy atom. The number of hydrogen-bond acceptors (Lipinski definition) is 8. The van der Waals surface area contributed by atoms with Crippen LogP contribution in [-0.2, 0) is 11.3 Å². The van der Waals surface area contributed by atoms with Crippen LogP contribution >= 0.6 is 11.3 Å². The van der Waals surface area contributed by atoms with Crippen molar-refractivity contribution in [3.63, 3.8) is 0 Å². The van der Waals surface area contributed by atoms with E-state index >= 15 is 0 Å². The molecule has 2 N–H and O–H groups in total. The summed E-state index contributed by atoms with van der Waals surface area (Å²) in [4.78, 5) is 37.4. The number of hydrogen-bond donors (Lipinski definition) is 2. The largest absolute Gasteiger partial charge is 0.444 e. The van der Waals surface area contributed by atoms with Gasteiger partial charge in [-0.3, -0.25) is 4.79 Å². The number of amides is 1.